The highest BCUT2D eigenvalue weighted by Gasteiger charge is 2.09. The van der Waals surface area contributed by atoms with Gasteiger partial charge in [-0.1, -0.05) is 17.3 Å². The van der Waals surface area contributed by atoms with Gasteiger partial charge in [0.15, 0.2) is 0 Å². The summed E-state index contributed by atoms with van der Waals surface area (Å²) in [4.78, 5) is 0.176. The highest BCUT2D eigenvalue weighted by Crippen LogP contribution is 2.08. The van der Waals surface area contributed by atoms with E-state index in [1.807, 2.05) is 0 Å². The van der Waals surface area contributed by atoms with Crippen LogP contribution in [0.3, 0.4) is 0 Å². The van der Waals surface area contributed by atoms with Gasteiger partial charge in [-0.25, -0.2) is 13.1 Å². The Morgan fingerprint density at radius 3 is 2.36 bits per heavy atom. The van der Waals surface area contributed by atoms with Crippen LogP contribution in [0.4, 0.5) is 0 Å². The maximum absolute atomic E-state index is 11.3. The highest BCUT2D eigenvalue weighted by molar-refractivity contribution is 7.89. The Bertz CT molecular complexity index is 422. The third-order valence-corrected chi connectivity index (χ3v) is 3.10. The van der Waals surface area contributed by atoms with Crippen molar-refractivity contribution < 1.29 is 13.6 Å². The van der Waals surface area contributed by atoms with Gasteiger partial charge in [-0.2, -0.15) is 0 Å². The molecule has 0 aliphatic heterocycles. The van der Waals surface area contributed by atoms with Crippen LogP contribution in [0.25, 0.3) is 0 Å². The molecule has 14 heavy (non-hydrogen) atoms. The molecule has 76 valence electrons. The third kappa shape index (κ3) is 2.30. The summed E-state index contributed by atoms with van der Waals surface area (Å²) in [6, 6.07) is 5.96. The molecule has 0 atom stereocenters. The summed E-state index contributed by atoms with van der Waals surface area (Å²) in [7, 11) is -2.04. The molecule has 6 heteroatoms. The Hall–Kier alpha value is -1.40. The van der Waals surface area contributed by atoms with E-state index in [-0.39, 0.29) is 4.90 Å². The normalized spacial score (nSPS) is 12.1. The second kappa shape index (κ2) is 4.21. The molecule has 1 rings (SSSR count). The SMILES string of the molecule is CNS(=O)(=O)c1ccc(/C=N\O)cc1. The maximum Gasteiger partial charge on any atom is 0.240 e. The van der Waals surface area contributed by atoms with Crippen molar-refractivity contribution in [2.24, 2.45) is 5.16 Å². The molecule has 0 aromatic heterocycles. The number of oxime groups is 1. The van der Waals surface area contributed by atoms with Crippen LogP contribution in [0.15, 0.2) is 34.3 Å². The minimum atomic E-state index is -3.39. The number of sulfonamides is 1. The van der Waals surface area contributed by atoms with Crippen LogP contribution in [0.5, 0.6) is 0 Å². The van der Waals surface area contributed by atoms with Crippen LogP contribution >= 0.6 is 0 Å². The highest BCUT2D eigenvalue weighted by atomic mass is 32.2. The van der Waals surface area contributed by atoms with Crippen LogP contribution < -0.4 is 4.72 Å². The first-order valence-corrected chi connectivity index (χ1v) is 5.29. The lowest BCUT2D eigenvalue weighted by Gasteiger charge is -2.01. The van der Waals surface area contributed by atoms with Gasteiger partial charge in [0.1, 0.15) is 0 Å². The van der Waals surface area contributed by atoms with E-state index in [0.717, 1.165) is 0 Å². The molecule has 0 amide bonds. The summed E-state index contributed by atoms with van der Waals surface area (Å²) in [6.45, 7) is 0. The van der Waals surface area contributed by atoms with E-state index in [4.69, 9.17) is 5.21 Å². The van der Waals surface area contributed by atoms with Crippen LogP contribution in [0.1, 0.15) is 5.56 Å². The molecule has 2 N–H and O–H groups in total. The molecule has 0 spiro atoms. The zero-order chi connectivity index (χ0) is 10.6. The number of hydrogen-bond acceptors (Lipinski definition) is 4. The summed E-state index contributed by atoms with van der Waals surface area (Å²) >= 11 is 0. The topological polar surface area (TPSA) is 78.8 Å². The number of nitrogens with zero attached hydrogens (tertiary/aromatic N) is 1. The second-order valence-electron chi connectivity index (χ2n) is 2.52. The lowest BCUT2D eigenvalue weighted by Crippen LogP contribution is -2.18. The largest absolute Gasteiger partial charge is 0.411 e. The minimum Gasteiger partial charge on any atom is -0.411 e. The zero-order valence-electron chi connectivity index (χ0n) is 7.51. The van der Waals surface area contributed by atoms with Crippen molar-refractivity contribution in [2.75, 3.05) is 7.05 Å². The van der Waals surface area contributed by atoms with Crippen LogP contribution in [-0.2, 0) is 10.0 Å². The van der Waals surface area contributed by atoms with E-state index in [2.05, 4.69) is 9.88 Å². The minimum absolute atomic E-state index is 0.176. The molecule has 0 unspecified atom stereocenters. The zero-order valence-corrected chi connectivity index (χ0v) is 8.32. The number of hydrogen-bond donors (Lipinski definition) is 2. The molecule has 0 saturated carbocycles. The summed E-state index contributed by atoms with van der Waals surface area (Å²) < 4.78 is 24.8. The van der Waals surface area contributed by atoms with E-state index in [1.54, 1.807) is 12.1 Å². The summed E-state index contributed by atoms with van der Waals surface area (Å²) in [6.07, 6.45) is 1.22. The molecule has 0 aliphatic rings. The van der Waals surface area contributed by atoms with Crippen LogP contribution in [0.2, 0.25) is 0 Å². The molecule has 5 nitrogen and oxygen atoms in total. The Balaban J connectivity index is 3.06. The fraction of sp³-hybridized carbons (Fsp3) is 0.125. The lowest BCUT2D eigenvalue weighted by molar-refractivity contribution is 0.322. The summed E-state index contributed by atoms with van der Waals surface area (Å²) in [5.41, 5.74) is 0.627. The summed E-state index contributed by atoms with van der Waals surface area (Å²) in [5.74, 6) is 0. The molecule has 1 aromatic carbocycles. The number of rotatable bonds is 3. The predicted molar refractivity (Wildman–Crippen MR) is 52.1 cm³/mol. The van der Waals surface area contributed by atoms with Gasteiger partial charge in [0.2, 0.25) is 10.0 Å². The van der Waals surface area contributed by atoms with Gasteiger partial charge in [0.25, 0.3) is 0 Å². The number of nitrogens with one attached hydrogen (secondary N) is 1. The lowest BCUT2D eigenvalue weighted by atomic mass is 10.2. The molecule has 0 fully saturated rings. The quantitative estimate of drug-likeness (QED) is 0.434. The van der Waals surface area contributed by atoms with Crippen LogP contribution in [0, 0.1) is 0 Å². The van der Waals surface area contributed by atoms with Gasteiger partial charge in [-0.3, -0.25) is 0 Å². The first-order chi connectivity index (χ1) is 6.60. The van der Waals surface area contributed by atoms with E-state index in [0.29, 0.717) is 5.56 Å². The average molecular weight is 214 g/mol. The first kappa shape index (κ1) is 10.7. The van der Waals surface area contributed by atoms with E-state index < -0.39 is 10.0 Å². The van der Waals surface area contributed by atoms with E-state index in [1.165, 1.54) is 25.4 Å². The molecule has 0 heterocycles. The van der Waals surface area contributed by atoms with E-state index >= 15 is 0 Å². The smallest absolute Gasteiger partial charge is 0.240 e. The van der Waals surface area contributed by atoms with Gasteiger partial charge in [0.05, 0.1) is 11.1 Å². The fourth-order valence-corrected chi connectivity index (χ4v) is 1.65. The molecule has 0 bridgehead atoms. The monoisotopic (exact) mass is 214 g/mol. The van der Waals surface area contributed by atoms with Crippen molar-refractivity contribution in [3.8, 4) is 0 Å². The summed E-state index contributed by atoms with van der Waals surface area (Å²) in [5, 5.41) is 11.1. The van der Waals surface area contributed by atoms with Crippen molar-refractivity contribution in [1.29, 1.82) is 0 Å². The van der Waals surface area contributed by atoms with Crippen molar-refractivity contribution in [1.82, 2.24) is 4.72 Å². The Morgan fingerprint density at radius 1 is 1.36 bits per heavy atom. The fourth-order valence-electron chi connectivity index (χ4n) is 0.918. The Morgan fingerprint density at radius 2 is 1.93 bits per heavy atom. The molecular weight excluding hydrogens is 204 g/mol. The number of benzene rings is 1. The van der Waals surface area contributed by atoms with Gasteiger partial charge >= 0.3 is 0 Å². The predicted octanol–water partition coefficient (Wildman–Crippen LogP) is 0.403. The average Bonchev–Trinajstić information content (AvgIpc) is 2.19. The van der Waals surface area contributed by atoms with Crippen molar-refractivity contribution in [3.63, 3.8) is 0 Å². The molecule has 0 aliphatic carbocycles. The van der Waals surface area contributed by atoms with Gasteiger partial charge in [-0.05, 0) is 24.7 Å². The van der Waals surface area contributed by atoms with Crippen LogP contribution in [-0.4, -0.2) is 26.9 Å². The van der Waals surface area contributed by atoms with E-state index in [9.17, 15) is 8.42 Å². The second-order valence-corrected chi connectivity index (χ2v) is 4.41. The molecular formula is C8H10N2O3S. The molecule has 0 saturated heterocycles. The van der Waals surface area contributed by atoms with Crippen molar-refractivity contribution in [3.05, 3.63) is 29.8 Å². The molecule has 1 aromatic rings. The van der Waals surface area contributed by atoms with Gasteiger partial charge in [-0.15, -0.1) is 0 Å². The van der Waals surface area contributed by atoms with Gasteiger partial charge in [0, 0.05) is 0 Å². The standard InChI is InChI=1S/C8H10N2O3S/c1-9-14(12,13)8-4-2-7(3-5-8)6-10-11/h2-6,9,11H,1H3/b10-6-. The van der Waals surface area contributed by atoms with Gasteiger partial charge < -0.3 is 5.21 Å². The van der Waals surface area contributed by atoms with Crippen molar-refractivity contribution in [2.45, 2.75) is 4.90 Å². The van der Waals surface area contributed by atoms with Crippen molar-refractivity contribution >= 4 is 16.2 Å². The molecule has 0 radical (unpaired) electrons. The Kier molecular flexibility index (Phi) is 3.21. The first-order valence-electron chi connectivity index (χ1n) is 3.81. The maximum atomic E-state index is 11.3. The third-order valence-electron chi connectivity index (χ3n) is 1.67. The Labute approximate surface area is 82.1 Å².